The number of aromatic nitrogens is 3. The van der Waals surface area contributed by atoms with E-state index in [1.54, 1.807) is 6.26 Å². The fourth-order valence-corrected chi connectivity index (χ4v) is 4.61. The van der Waals surface area contributed by atoms with E-state index in [4.69, 9.17) is 9.15 Å². The molecule has 0 saturated carbocycles. The first-order valence-electron chi connectivity index (χ1n) is 9.74. The standard InChI is InChI=1S/C21H24N4O3S/c1-3-25-19(17-9-12-28-15(17)2)22-23-21(25)29-18(16-7-5-4-6-8-16)20(26)24-10-13-27-14-11-24/h4-9,12,18H,3,10-11,13-14H2,1-2H3/t18-/m0/s1. The summed E-state index contributed by atoms with van der Waals surface area (Å²) in [5, 5.41) is 9.15. The van der Waals surface area contributed by atoms with Crippen LogP contribution in [0.15, 0.2) is 52.2 Å². The van der Waals surface area contributed by atoms with Crippen molar-refractivity contribution in [2.75, 3.05) is 26.3 Å². The van der Waals surface area contributed by atoms with Crippen LogP contribution in [0.5, 0.6) is 0 Å². The average Bonchev–Trinajstić information content (AvgIpc) is 3.37. The van der Waals surface area contributed by atoms with Gasteiger partial charge in [-0.05, 0) is 25.5 Å². The Hall–Kier alpha value is -2.58. The molecule has 3 aromatic rings. The second-order valence-corrected chi connectivity index (χ2v) is 7.86. The summed E-state index contributed by atoms with van der Waals surface area (Å²) in [5.41, 5.74) is 1.88. The van der Waals surface area contributed by atoms with Crippen molar-refractivity contribution < 1.29 is 13.9 Å². The molecule has 0 spiro atoms. The molecule has 2 aromatic heterocycles. The molecule has 3 heterocycles. The lowest BCUT2D eigenvalue weighted by atomic mass is 10.1. The summed E-state index contributed by atoms with van der Waals surface area (Å²) in [6.07, 6.45) is 1.65. The number of furan rings is 1. The van der Waals surface area contributed by atoms with Gasteiger partial charge in [0.2, 0.25) is 5.91 Å². The Morgan fingerprint density at radius 3 is 2.59 bits per heavy atom. The summed E-state index contributed by atoms with van der Waals surface area (Å²) in [5.74, 6) is 1.63. The predicted molar refractivity (Wildman–Crippen MR) is 111 cm³/mol. The minimum Gasteiger partial charge on any atom is -0.469 e. The second kappa shape index (κ2) is 8.84. The Kier molecular flexibility index (Phi) is 6.01. The maximum atomic E-state index is 13.4. The third kappa shape index (κ3) is 4.09. The quantitative estimate of drug-likeness (QED) is 0.577. The van der Waals surface area contributed by atoms with Crippen LogP contribution >= 0.6 is 11.8 Å². The van der Waals surface area contributed by atoms with E-state index in [0.29, 0.717) is 32.8 Å². The van der Waals surface area contributed by atoms with Crippen LogP contribution in [0.3, 0.4) is 0 Å². The van der Waals surface area contributed by atoms with Gasteiger partial charge in [0.05, 0.1) is 25.0 Å². The number of thioether (sulfide) groups is 1. The average molecular weight is 413 g/mol. The molecule has 4 rings (SSSR count). The van der Waals surface area contributed by atoms with Gasteiger partial charge >= 0.3 is 0 Å². The molecule has 0 radical (unpaired) electrons. The van der Waals surface area contributed by atoms with Gasteiger partial charge in [-0.1, -0.05) is 42.1 Å². The summed E-state index contributed by atoms with van der Waals surface area (Å²) >= 11 is 1.45. The van der Waals surface area contributed by atoms with Crippen LogP contribution in [-0.2, 0) is 16.1 Å². The molecule has 1 atom stereocenters. The molecule has 0 bridgehead atoms. The van der Waals surface area contributed by atoms with E-state index in [1.807, 2.05) is 59.7 Å². The van der Waals surface area contributed by atoms with Gasteiger partial charge in [0, 0.05) is 19.6 Å². The number of morpholine rings is 1. The van der Waals surface area contributed by atoms with Crippen LogP contribution in [-0.4, -0.2) is 51.9 Å². The fourth-order valence-electron chi connectivity index (χ4n) is 3.42. The molecule has 152 valence electrons. The number of benzene rings is 1. The number of ether oxygens (including phenoxy) is 1. The third-order valence-electron chi connectivity index (χ3n) is 5.01. The lowest BCUT2D eigenvalue weighted by Crippen LogP contribution is -2.42. The highest BCUT2D eigenvalue weighted by molar-refractivity contribution is 8.00. The van der Waals surface area contributed by atoms with E-state index in [-0.39, 0.29) is 11.2 Å². The number of nitrogens with zero attached hydrogens (tertiary/aromatic N) is 4. The largest absolute Gasteiger partial charge is 0.469 e. The topological polar surface area (TPSA) is 73.4 Å². The first-order chi connectivity index (χ1) is 14.2. The SMILES string of the molecule is CCn1c(S[C@H](C(=O)N2CCOCC2)c2ccccc2)nnc1-c1ccoc1C. The van der Waals surface area contributed by atoms with E-state index in [0.717, 1.165) is 27.9 Å². The van der Waals surface area contributed by atoms with Crippen molar-refractivity contribution in [3.05, 3.63) is 54.0 Å². The van der Waals surface area contributed by atoms with Gasteiger partial charge in [0.1, 0.15) is 11.0 Å². The minimum atomic E-state index is -0.387. The van der Waals surface area contributed by atoms with Crippen LogP contribution in [0.2, 0.25) is 0 Å². The number of aryl methyl sites for hydroxylation is 1. The van der Waals surface area contributed by atoms with E-state index < -0.39 is 0 Å². The fraction of sp³-hybridized carbons (Fsp3) is 0.381. The number of rotatable bonds is 6. The first kappa shape index (κ1) is 19.7. The van der Waals surface area contributed by atoms with Crippen LogP contribution in [0, 0.1) is 6.92 Å². The zero-order valence-electron chi connectivity index (χ0n) is 16.6. The molecule has 8 heteroatoms. The van der Waals surface area contributed by atoms with Crippen LogP contribution < -0.4 is 0 Å². The van der Waals surface area contributed by atoms with Crippen molar-refractivity contribution >= 4 is 17.7 Å². The normalized spacial score (nSPS) is 15.4. The van der Waals surface area contributed by atoms with Gasteiger partial charge < -0.3 is 18.6 Å². The van der Waals surface area contributed by atoms with Gasteiger partial charge in [-0.15, -0.1) is 10.2 Å². The van der Waals surface area contributed by atoms with Gasteiger partial charge in [-0.2, -0.15) is 0 Å². The lowest BCUT2D eigenvalue weighted by Gasteiger charge is -2.30. The van der Waals surface area contributed by atoms with E-state index >= 15 is 0 Å². The molecule has 0 unspecified atom stereocenters. The van der Waals surface area contributed by atoms with Crippen LogP contribution in [0.1, 0.15) is 23.5 Å². The van der Waals surface area contributed by atoms with Crippen molar-refractivity contribution in [3.63, 3.8) is 0 Å². The van der Waals surface area contributed by atoms with Crippen molar-refractivity contribution in [2.24, 2.45) is 0 Å². The molecule has 1 aliphatic heterocycles. The summed E-state index contributed by atoms with van der Waals surface area (Å²) in [6.45, 7) is 7.03. The number of amides is 1. The van der Waals surface area contributed by atoms with Gasteiger partial charge in [-0.25, -0.2) is 0 Å². The molecule has 1 fully saturated rings. The smallest absolute Gasteiger partial charge is 0.240 e. The number of carbonyl (C=O) groups is 1. The molecule has 1 aromatic carbocycles. The zero-order valence-corrected chi connectivity index (χ0v) is 17.4. The summed E-state index contributed by atoms with van der Waals surface area (Å²) in [4.78, 5) is 15.2. The Bertz CT molecular complexity index is 963. The molecular weight excluding hydrogens is 388 g/mol. The Labute approximate surface area is 174 Å². The van der Waals surface area contributed by atoms with E-state index in [2.05, 4.69) is 10.2 Å². The molecule has 29 heavy (non-hydrogen) atoms. The summed E-state index contributed by atoms with van der Waals surface area (Å²) in [7, 11) is 0. The molecule has 7 nitrogen and oxygen atoms in total. The maximum absolute atomic E-state index is 13.4. The van der Waals surface area contributed by atoms with E-state index in [1.165, 1.54) is 11.8 Å². The Morgan fingerprint density at radius 2 is 1.93 bits per heavy atom. The monoisotopic (exact) mass is 412 g/mol. The number of hydrogen-bond acceptors (Lipinski definition) is 6. The van der Waals surface area contributed by atoms with Gasteiger partial charge in [-0.3, -0.25) is 4.79 Å². The highest BCUT2D eigenvalue weighted by atomic mass is 32.2. The van der Waals surface area contributed by atoms with Gasteiger partial charge in [0.25, 0.3) is 0 Å². The highest BCUT2D eigenvalue weighted by Gasteiger charge is 2.30. The first-order valence-corrected chi connectivity index (χ1v) is 10.6. The number of carbonyl (C=O) groups excluding carboxylic acids is 1. The van der Waals surface area contributed by atoms with Crippen LogP contribution in [0.25, 0.3) is 11.4 Å². The maximum Gasteiger partial charge on any atom is 0.240 e. The number of hydrogen-bond donors (Lipinski definition) is 0. The molecule has 1 saturated heterocycles. The third-order valence-corrected chi connectivity index (χ3v) is 6.23. The summed E-state index contributed by atoms with van der Waals surface area (Å²) in [6, 6.07) is 11.8. The molecule has 1 aliphatic rings. The summed E-state index contributed by atoms with van der Waals surface area (Å²) < 4.78 is 12.9. The minimum absolute atomic E-state index is 0.0798. The molecule has 1 amide bonds. The van der Waals surface area contributed by atoms with E-state index in [9.17, 15) is 4.79 Å². The molecule has 0 aliphatic carbocycles. The van der Waals surface area contributed by atoms with Crippen molar-refractivity contribution in [1.29, 1.82) is 0 Å². The Balaban J connectivity index is 1.67. The van der Waals surface area contributed by atoms with Crippen molar-refractivity contribution in [3.8, 4) is 11.4 Å². The van der Waals surface area contributed by atoms with Crippen molar-refractivity contribution in [2.45, 2.75) is 30.8 Å². The Morgan fingerprint density at radius 1 is 1.17 bits per heavy atom. The molecular formula is C21H24N4O3S. The van der Waals surface area contributed by atoms with Crippen molar-refractivity contribution in [1.82, 2.24) is 19.7 Å². The zero-order chi connectivity index (χ0) is 20.2. The van der Waals surface area contributed by atoms with Gasteiger partial charge in [0.15, 0.2) is 11.0 Å². The van der Waals surface area contributed by atoms with Crippen LogP contribution in [0.4, 0.5) is 0 Å². The lowest BCUT2D eigenvalue weighted by molar-refractivity contribution is -0.134. The predicted octanol–water partition coefficient (Wildman–Crippen LogP) is 3.56. The highest BCUT2D eigenvalue weighted by Crippen LogP contribution is 2.37. The second-order valence-electron chi connectivity index (χ2n) is 6.79. The molecule has 0 N–H and O–H groups in total.